The molecular weight excluding hydrogens is 232 g/mol. The summed E-state index contributed by atoms with van der Waals surface area (Å²) in [7, 11) is 0. The minimum atomic E-state index is 0.225. The molecule has 2 rings (SSSR count). The molecule has 0 radical (unpaired) electrons. The minimum absolute atomic E-state index is 0.225. The van der Waals surface area contributed by atoms with Gasteiger partial charge in [0.05, 0.1) is 5.69 Å². The zero-order chi connectivity index (χ0) is 12.3. The van der Waals surface area contributed by atoms with E-state index < -0.39 is 0 Å². The van der Waals surface area contributed by atoms with Crippen molar-refractivity contribution in [1.29, 1.82) is 0 Å². The van der Waals surface area contributed by atoms with E-state index in [0.717, 1.165) is 22.7 Å². The molecule has 2 heterocycles. The van der Waals surface area contributed by atoms with Crippen molar-refractivity contribution in [3.8, 4) is 10.6 Å². The largest absolute Gasteiger partial charge is 0.300 e. The van der Waals surface area contributed by atoms with Crippen LogP contribution in [0, 0.1) is 6.92 Å². The number of aromatic nitrogens is 2. The fraction of sp³-hybridized carbons (Fsp3) is 0.308. The number of hydrogen-bond acceptors (Lipinski definition) is 4. The fourth-order valence-corrected chi connectivity index (χ4v) is 2.63. The molecule has 0 unspecified atom stereocenters. The molecule has 0 aliphatic rings. The van der Waals surface area contributed by atoms with Crippen LogP contribution in [0.4, 0.5) is 0 Å². The number of ketones is 1. The maximum Gasteiger partial charge on any atom is 0.130 e. The van der Waals surface area contributed by atoms with Crippen LogP contribution in [0.2, 0.25) is 0 Å². The van der Waals surface area contributed by atoms with Gasteiger partial charge in [-0.05, 0) is 32.4 Å². The third kappa shape index (κ3) is 2.97. The van der Waals surface area contributed by atoms with Crippen LogP contribution in [0.15, 0.2) is 24.5 Å². The van der Waals surface area contributed by atoms with E-state index in [1.54, 1.807) is 30.7 Å². The third-order valence-corrected chi connectivity index (χ3v) is 3.79. The minimum Gasteiger partial charge on any atom is -0.300 e. The summed E-state index contributed by atoms with van der Waals surface area (Å²) in [6.07, 6.45) is 4.92. The van der Waals surface area contributed by atoms with Gasteiger partial charge in [-0.3, -0.25) is 4.98 Å². The van der Waals surface area contributed by atoms with Crippen LogP contribution < -0.4 is 0 Å². The zero-order valence-electron chi connectivity index (χ0n) is 9.93. The molecule has 0 saturated carbocycles. The first-order valence-electron chi connectivity index (χ1n) is 5.53. The topological polar surface area (TPSA) is 42.9 Å². The van der Waals surface area contributed by atoms with Crippen LogP contribution in [-0.2, 0) is 11.2 Å². The van der Waals surface area contributed by atoms with Gasteiger partial charge in [0.2, 0.25) is 0 Å². The van der Waals surface area contributed by atoms with Crippen LogP contribution in [0.25, 0.3) is 10.6 Å². The Morgan fingerprint density at radius 3 is 2.71 bits per heavy atom. The van der Waals surface area contributed by atoms with Crippen LogP contribution in [0.1, 0.15) is 23.9 Å². The van der Waals surface area contributed by atoms with Gasteiger partial charge in [0.15, 0.2) is 0 Å². The van der Waals surface area contributed by atoms with Crippen LogP contribution in [0.5, 0.6) is 0 Å². The van der Waals surface area contributed by atoms with Gasteiger partial charge in [-0.25, -0.2) is 4.98 Å². The van der Waals surface area contributed by atoms with Crippen LogP contribution >= 0.6 is 11.3 Å². The van der Waals surface area contributed by atoms with Crippen molar-refractivity contribution in [2.24, 2.45) is 0 Å². The van der Waals surface area contributed by atoms with Gasteiger partial charge in [-0.1, -0.05) is 0 Å². The number of aryl methyl sites for hydroxylation is 2. The van der Waals surface area contributed by atoms with Crippen molar-refractivity contribution < 1.29 is 4.79 Å². The van der Waals surface area contributed by atoms with E-state index in [4.69, 9.17) is 0 Å². The summed E-state index contributed by atoms with van der Waals surface area (Å²) in [4.78, 5) is 20.7. The van der Waals surface area contributed by atoms with Gasteiger partial charge >= 0.3 is 0 Å². The zero-order valence-corrected chi connectivity index (χ0v) is 10.8. The summed E-state index contributed by atoms with van der Waals surface area (Å²) in [5, 5.41) is 1.00. The Balaban J connectivity index is 2.22. The van der Waals surface area contributed by atoms with Gasteiger partial charge in [0, 0.05) is 29.3 Å². The molecule has 0 aliphatic carbocycles. The quantitative estimate of drug-likeness (QED) is 0.832. The summed E-state index contributed by atoms with van der Waals surface area (Å²) in [5.41, 5.74) is 2.12. The van der Waals surface area contributed by atoms with Crippen molar-refractivity contribution in [3.63, 3.8) is 0 Å². The Bertz CT molecular complexity index is 519. The lowest BCUT2D eigenvalue weighted by atomic mass is 10.2. The number of pyridine rings is 1. The lowest BCUT2D eigenvalue weighted by Gasteiger charge is -1.94. The van der Waals surface area contributed by atoms with E-state index in [1.807, 2.05) is 19.1 Å². The Morgan fingerprint density at radius 2 is 2.06 bits per heavy atom. The molecule has 4 heteroatoms. The highest BCUT2D eigenvalue weighted by atomic mass is 32.1. The number of carbonyl (C=O) groups is 1. The third-order valence-electron chi connectivity index (χ3n) is 2.52. The average Bonchev–Trinajstić information content (AvgIpc) is 2.69. The molecule has 88 valence electrons. The van der Waals surface area contributed by atoms with Crippen molar-refractivity contribution in [2.75, 3.05) is 0 Å². The monoisotopic (exact) mass is 246 g/mol. The second-order valence-corrected chi connectivity index (χ2v) is 5.05. The molecule has 0 aromatic carbocycles. The molecule has 3 nitrogen and oxygen atoms in total. The maximum atomic E-state index is 11.0. The molecule has 0 spiro atoms. The Labute approximate surface area is 105 Å². The smallest absolute Gasteiger partial charge is 0.130 e. The van der Waals surface area contributed by atoms with Crippen molar-refractivity contribution in [2.45, 2.75) is 26.7 Å². The molecule has 0 amide bonds. The van der Waals surface area contributed by atoms with Gasteiger partial charge in [-0.2, -0.15) is 0 Å². The van der Waals surface area contributed by atoms with Crippen molar-refractivity contribution >= 4 is 17.1 Å². The number of Topliss-reactive ketones (excluding diaryl/α,β-unsaturated/α-hetero) is 1. The van der Waals surface area contributed by atoms with E-state index in [-0.39, 0.29) is 5.78 Å². The van der Waals surface area contributed by atoms with E-state index >= 15 is 0 Å². The first kappa shape index (κ1) is 11.9. The standard InChI is InChI=1S/C13H14N2OS/c1-9(16)3-4-12-10(2)15-13(17-12)11-5-7-14-8-6-11/h5-8H,3-4H2,1-2H3. The summed E-state index contributed by atoms with van der Waals surface area (Å²) in [5.74, 6) is 0.225. The first-order valence-corrected chi connectivity index (χ1v) is 6.34. The van der Waals surface area contributed by atoms with E-state index in [0.29, 0.717) is 6.42 Å². The lowest BCUT2D eigenvalue weighted by molar-refractivity contribution is -0.116. The molecular formula is C13H14N2OS. The molecule has 2 aromatic rings. The predicted octanol–water partition coefficient (Wildman–Crippen LogP) is 3.04. The molecule has 0 N–H and O–H groups in total. The Hall–Kier alpha value is -1.55. The fourth-order valence-electron chi connectivity index (χ4n) is 1.57. The lowest BCUT2D eigenvalue weighted by Crippen LogP contribution is -1.93. The van der Waals surface area contributed by atoms with Crippen molar-refractivity contribution in [3.05, 3.63) is 35.1 Å². The van der Waals surface area contributed by atoms with Gasteiger partial charge in [0.1, 0.15) is 10.8 Å². The van der Waals surface area contributed by atoms with Crippen LogP contribution in [-0.4, -0.2) is 15.8 Å². The Kier molecular flexibility index (Phi) is 3.64. The summed E-state index contributed by atoms with van der Waals surface area (Å²) < 4.78 is 0. The number of carbonyl (C=O) groups excluding carboxylic acids is 1. The Morgan fingerprint density at radius 1 is 1.35 bits per heavy atom. The summed E-state index contributed by atoms with van der Waals surface area (Å²) >= 11 is 1.66. The number of hydrogen-bond donors (Lipinski definition) is 0. The second-order valence-electron chi connectivity index (χ2n) is 3.97. The highest BCUT2D eigenvalue weighted by Gasteiger charge is 2.09. The highest BCUT2D eigenvalue weighted by molar-refractivity contribution is 7.15. The number of thiazole rings is 1. The van der Waals surface area contributed by atoms with E-state index in [1.165, 1.54) is 4.88 Å². The van der Waals surface area contributed by atoms with Gasteiger partial charge < -0.3 is 4.79 Å². The molecule has 0 atom stereocenters. The number of nitrogens with zero attached hydrogens (tertiary/aromatic N) is 2. The van der Waals surface area contributed by atoms with E-state index in [9.17, 15) is 4.79 Å². The molecule has 2 aromatic heterocycles. The first-order chi connectivity index (χ1) is 8.16. The van der Waals surface area contributed by atoms with E-state index in [2.05, 4.69) is 9.97 Å². The van der Waals surface area contributed by atoms with Crippen LogP contribution in [0.3, 0.4) is 0 Å². The predicted molar refractivity (Wildman–Crippen MR) is 69.1 cm³/mol. The summed E-state index contributed by atoms with van der Waals surface area (Å²) in [6.45, 7) is 3.62. The molecule has 0 bridgehead atoms. The highest BCUT2D eigenvalue weighted by Crippen LogP contribution is 2.28. The second kappa shape index (κ2) is 5.19. The molecule has 0 saturated heterocycles. The van der Waals surface area contributed by atoms with Gasteiger partial charge in [-0.15, -0.1) is 11.3 Å². The average molecular weight is 246 g/mol. The van der Waals surface area contributed by atoms with Gasteiger partial charge in [0.25, 0.3) is 0 Å². The number of rotatable bonds is 4. The molecule has 0 aliphatic heterocycles. The molecule has 17 heavy (non-hydrogen) atoms. The maximum absolute atomic E-state index is 11.0. The normalized spacial score (nSPS) is 10.5. The SMILES string of the molecule is CC(=O)CCc1sc(-c2ccncc2)nc1C. The summed E-state index contributed by atoms with van der Waals surface area (Å²) in [6, 6.07) is 3.90. The molecule has 0 fully saturated rings. The van der Waals surface area contributed by atoms with Crippen molar-refractivity contribution in [1.82, 2.24) is 9.97 Å².